The van der Waals surface area contributed by atoms with E-state index in [4.69, 9.17) is 0 Å². The second kappa shape index (κ2) is 7.23. The Morgan fingerprint density at radius 3 is 2.67 bits per heavy atom. The van der Waals surface area contributed by atoms with Crippen LogP contribution in [0.4, 0.5) is 5.69 Å². The highest BCUT2D eigenvalue weighted by atomic mass is 32.2. The standard InChI is InChI=1S/C18H26N2O3S/c1-2-24(22,23)16-10-5-7-14(13-16)19-18(21)17-11-6-12-20(17)15-8-3-4-9-15/h5,7,10,13,15,17H,2-4,6,8-9,11-12H2,1H3,(H,19,21)/t17-/m0/s1. The van der Waals surface area contributed by atoms with Crippen LogP contribution in [0, 0.1) is 0 Å². The predicted octanol–water partition coefficient (Wildman–Crippen LogP) is 2.83. The van der Waals surface area contributed by atoms with Crippen LogP contribution in [0.1, 0.15) is 45.4 Å². The van der Waals surface area contributed by atoms with Gasteiger partial charge >= 0.3 is 0 Å². The molecule has 1 atom stereocenters. The molecule has 1 aliphatic heterocycles. The molecule has 0 aromatic heterocycles. The van der Waals surface area contributed by atoms with Gasteiger partial charge in [-0.1, -0.05) is 25.8 Å². The number of hydrogen-bond acceptors (Lipinski definition) is 4. The molecular formula is C18H26N2O3S. The van der Waals surface area contributed by atoms with Gasteiger partial charge in [0.05, 0.1) is 16.7 Å². The molecule has 0 radical (unpaired) electrons. The van der Waals surface area contributed by atoms with Crippen molar-refractivity contribution in [1.29, 1.82) is 0 Å². The zero-order valence-corrected chi connectivity index (χ0v) is 15.0. The van der Waals surface area contributed by atoms with E-state index < -0.39 is 9.84 Å². The fourth-order valence-corrected chi connectivity index (χ4v) is 4.83. The quantitative estimate of drug-likeness (QED) is 0.887. The lowest BCUT2D eigenvalue weighted by molar-refractivity contribution is -0.121. The number of carbonyl (C=O) groups is 1. The van der Waals surface area contributed by atoms with Crippen LogP contribution in [-0.4, -0.2) is 43.6 Å². The van der Waals surface area contributed by atoms with Gasteiger partial charge in [0, 0.05) is 11.7 Å². The summed E-state index contributed by atoms with van der Waals surface area (Å²) in [4.78, 5) is 15.3. The Bertz CT molecular complexity index is 696. The molecule has 1 saturated carbocycles. The summed E-state index contributed by atoms with van der Waals surface area (Å²) in [5.74, 6) is 0.0492. The Labute approximate surface area is 144 Å². The third kappa shape index (κ3) is 3.64. The number of amides is 1. The Balaban J connectivity index is 1.71. The highest BCUT2D eigenvalue weighted by Crippen LogP contribution is 2.30. The van der Waals surface area contributed by atoms with Crippen molar-refractivity contribution in [3.63, 3.8) is 0 Å². The van der Waals surface area contributed by atoms with Gasteiger partial charge < -0.3 is 5.32 Å². The Morgan fingerprint density at radius 1 is 1.21 bits per heavy atom. The van der Waals surface area contributed by atoms with Crippen molar-refractivity contribution in [3.05, 3.63) is 24.3 Å². The molecule has 0 unspecified atom stereocenters. The van der Waals surface area contributed by atoms with Gasteiger partial charge in [0.2, 0.25) is 5.91 Å². The van der Waals surface area contributed by atoms with E-state index in [0.717, 1.165) is 19.4 Å². The summed E-state index contributed by atoms with van der Waals surface area (Å²) in [6, 6.07) is 7.03. The van der Waals surface area contributed by atoms with Crippen LogP contribution in [-0.2, 0) is 14.6 Å². The lowest BCUT2D eigenvalue weighted by atomic mass is 10.1. The first-order valence-corrected chi connectivity index (χ1v) is 10.6. The summed E-state index contributed by atoms with van der Waals surface area (Å²) in [6.45, 7) is 2.62. The summed E-state index contributed by atoms with van der Waals surface area (Å²) in [5.41, 5.74) is 0.563. The summed E-state index contributed by atoms with van der Waals surface area (Å²) in [5, 5.41) is 2.93. The van der Waals surface area contributed by atoms with Gasteiger partial charge in [-0.2, -0.15) is 0 Å². The van der Waals surface area contributed by atoms with Crippen LogP contribution in [0.25, 0.3) is 0 Å². The first-order valence-electron chi connectivity index (χ1n) is 8.90. The van der Waals surface area contributed by atoms with Gasteiger partial charge in [-0.25, -0.2) is 8.42 Å². The number of hydrogen-bond donors (Lipinski definition) is 1. The number of benzene rings is 1. The molecule has 6 heteroatoms. The van der Waals surface area contributed by atoms with Crippen LogP contribution in [0.3, 0.4) is 0 Å². The highest BCUT2D eigenvalue weighted by Gasteiger charge is 2.36. The minimum Gasteiger partial charge on any atom is -0.325 e. The van der Waals surface area contributed by atoms with Gasteiger partial charge in [-0.3, -0.25) is 9.69 Å². The topological polar surface area (TPSA) is 66.5 Å². The van der Waals surface area contributed by atoms with E-state index in [1.165, 1.54) is 25.7 Å². The number of likely N-dealkylation sites (tertiary alicyclic amines) is 1. The van der Waals surface area contributed by atoms with Crippen molar-refractivity contribution in [3.8, 4) is 0 Å². The fourth-order valence-electron chi connectivity index (χ4n) is 3.90. The van der Waals surface area contributed by atoms with Gasteiger partial charge in [0.25, 0.3) is 0 Å². The van der Waals surface area contributed by atoms with Gasteiger partial charge in [0.15, 0.2) is 9.84 Å². The molecule has 0 bridgehead atoms. The average Bonchev–Trinajstić information content (AvgIpc) is 3.26. The van der Waals surface area contributed by atoms with E-state index in [2.05, 4.69) is 10.2 Å². The third-order valence-corrected chi connectivity index (χ3v) is 6.96. The smallest absolute Gasteiger partial charge is 0.241 e. The molecule has 1 aromatic carbocycles. The lowest BCUT2D eigenvalue weighted by Gasteiger charge is -2.29. The normalized spacial score (nSPS) is 22.8. The fraction of sp³-hybridized carbons (Fsp3) is 0.611. The molecule has 1 aliphatic carbocycles. The number of anilines is 1. The molecule has 2 aliphatic rings. The van der Waals surface area contributed by atoms with E-state index in [-0.39, 0.29) is 22.6 Å². The third-order valence-electron chi connectivity index (χ3n) is 5.23. The van der Waals surface area contributed by atoms with Gasteiger partial charge in [-0.15, -0.1) is 0 Å². The second-order valence-corrected chi connectivity index (χ2v) is 9.03. The zero-order chi connectivity index (χ0) is 17.2. The maximum Gasteiger partial charge on any atom is 0.241 e. The Hall–Kier alpha value is -1.40. The van der Waals surface area contributed by atoms with Crippen molar-refractivity contribution < 1.29 is 13.2 Å². The number of nitrogens with zero attached hydrogens (tertiary/aromatic N) is 1. The van der Waals surface area contributed by atoms with E-state index in [0.29, 0.717) is 11.7 Å². The van der Waals surface area contributed by atoms with Gasteiger partial charge in [0.1, 0.15) is 0 Å². The first-order chi connectivity index (χ1) is 11.5. The molecule has 1 N–H and O–H groups in total. The summed E-state index contributed by atoms with van der Waals surface area (Å²) in [7, 11) is -3.26. The Kier molecular flexibility index (Phi) is 5.25. The molecule has 1 heterocycles. The number of carbonyl (C=O) groups excluding carboxylic acids is 1. The SMILES string of the molecule is CCS(=O)(=O)c1cccc(NC(=O)[C@@H]2CCCN2C2CCCC2)c1. The number of nitrogens with one attached hydrogen (secondary N) is 1. The average molecular weight is 350 g/mol. The minimum atomic E-state index is -3.26. The van der Waals surface area contributed by atoms with E-state index in [1.807, 2.05) is 0 Å². The maximum atomic E-state index is 12.7. The van der Waals surface area contributed by atoms with E-state index in [1.54, 1.807) is 31.2 Å². The van der Waals surface area contributed by atoms with Crippen molar-refractivity contribution in [2.75, 3.05) is 17.6 Å². The van der Waals surface area contributed by atoms with E-state index >= 15 is 0 Å². The Morgan fingerprint density at radius 2 is 1.96 bits per heavy atom. The zero-order valence-electron chi connectivity index (χ0n) is 14.2. The summed E-state index contributed by atoms with van der Waals surface area (Å²) < 4.78 is 24.0. The predicted molar refractivity (Wildman–Crippen MR) is 94.8 cm³/mol. The summed E-state index contributed by atoms with van der Waals surface area (Å²) >= 11 is 0. The van der Waals surface area contributed by atoms with Crippen LogP contribution >= 0.6 is 0 Å². The molecule has 1 amide bonds. The van der Waals surface area contributed by atoms with Crippen LogP contribution < -0.4 is 5.32 Å². The molecular weight excluding hydrogens is 324 g/mol. The summed E-state index contributed by atoms with van der Waals surface area (Å²) in [6.07, 6.45) is 6.83. The van der Waals surface area contributed by atoms with Crippen molar-refractivity contribution >= 4 is 21.4 Å². The van der Waals surface area contributed by atoms with Crippen molar-refractivity contribution in [2.45, 2.75) is 62.4 Å². The molecule has 1 aromatic rings. The maximum absolute atomic E-state index is 12.7. The second-order valence-electron chi connectivity index (χ2n) is 6.75. The molecule has 5 nitrogen and oxygen atoms in total. The van der Waals surface area contributed by atoms with Gasteiger partial charge in [-0.05, 0) is 50.4 Å². The lowest BCUT2D eigenvalue weighted by Crippen LogP contribution is -2.44. The molecule has 3 rings (SSSR count). The number of sulfone groups is 1. The van der Waals surface area contributed by atoms with E-state index in [9.17, 15) is 13.2 Å². The van der Waals surface area contributed by atoms with Crippen molar-refractivity contribution in [2.24, 2.45) is 0 Å². The van der Waals surface area contributed by atoms with Crippen LogP contribution in [0.15, 0.2) is 29.2 Å². The number of rotatable bonds is 5. The highest BCUT2D eigenvalue weighted by molar-refractivity contribution is 7.91. The molecule has 0 spiro atoms. The largest absolute Gasteiger partial charge is 0.325 e. The molecule has 24 heavy (non-hydrogen) atoms. The van der Waals surface area contributed by atoms with Crippen LogP contribution in [0.2, 0.25) is 0 Å². The van der Waals surface area contributed by atoms with Crippen LogP contribution in [0.5, 0.6) is 0 Å². The van der Waals surface area contributed by atoms with Crippen molar-refractivity contribution in [1.82, 2.24) is 4.90 Å². The monoisotopic (exact) mass is 350 g/mol. The molecule has 2 fully saturated rings. The molecule has 132 valence electrons. The molecule has 1 saturated heterocycles. The first kappa shape index (κ1) is 17.4. The minimum absolute atomic E-state index is 0.00885.